The number of amides is 2. The summed E-state index contributed by atoms with van der Waals surface area (Å²) in [6.45, 7) is 3.48. The van der Waals surface area contributed by atoms with Crippen molar-refractivity contribution in [2.45, 2.75) is 20.3 Å². The zero-order valence-electron chi connectivity index (χ0n) is 12.6. The second kappa shape index (κ2) is 7.26. The highest BCUT2D eigenvalue weighted by atomic mass is 16.6. The monoisotopic (exact) mass is 298 g/mol. The molecular weight excluding hydrogens is 280 g/mol. The largest absolute Gasteiger partial charge is 0.417 e. The van der Waals surface area contributed by atoms with Gasteiger partial charge in [-0.3, -0.25) is 10.1 Å². The van der Waals surface area contributed by atoms with E-state index in [-0.39, 0.29) is 5.91 Å². The molecule has 0 spiro atoms. The molecule has 0 saturated heterocycles. The van der Waals surface area contributed by atoms with Gasteiger partial charge in [-0.1, -0.05) is 19.1 Å². The van der Waals surface area contributed by atoms with Crippen LogP contribution < -0.4 is 15.4 Å². The maximum Gasteiger partial charge on any atom is 0.417 e. The van der Waals surface area contributed by atoms with E-state index in [0.29, 0.717) is 17.1 Å². The summed E-state index contributed by atoms with van der Waals surface area (Å²) < 4.78 is 5.19. The molecule has 0 unspecified atom stereocenters. The van der Waals surface area contributed by atoms with Crippen molar-refractivity contribution in [2.24, 2.45) is 0 Å². The molecule has 2 rings (SSSR count). The maximum absolute atomic E-state index is 11.8. The van der Waals surface area contributed by atoms with Gasteiger partial charge >= 0.3 is 6.09 Å². The Morgan fingerprint density at radius 2 is 1.73 bits per heavy atom. The van der Waals surface area contributed by atoms with E-state index in [1.807, 2.05) is 25.1 Å². The van der Waals surface area contributed by atoms with Crippen LogP contribution in [0.1, 0.15) is 19.4 Å². The molecule has 0 atom stereocenters. The number of nitrogens with one attached hydrogen (secondary N) is 2. The number of anilines is 2. The average molecular weight is 298 g/mol. The van der Waals surface area contributed by atoms with Crippen LogP contribution in [0.3, 0.4) is 0 Å². The third-order valence-corrected chi connectivity index (χ3v) is 2.97. The lowest BCUT2D eigenvalue weighted by Gasteiger charge is -2.08. The first-order chi connectivity index (χ1) is 10.6. The van der Waals surface area contributed by atoms with Crippen LogP contribution in [0.2, 0.25) is 0 Å². The van der Waals surface area contributed by atoms with Gasteiger partial charge < -0.3 is 10.1 Å². The number of ether oxygens (including phenoxy) is 1. The van der Waals surface area contributed by atoms with E-state index in [9.17, 15) is 9.59 Å². The molecule has 2 aromatic rings. The zero-order chi connectivity index (χ0) is 15.9. The summed E-state index contributed by atoms with van der Waals surface area (Å²) in [7, 11) is 0. The average Bonchev–Trinajstić information content (AvgIpc) is 2.49. The van der Waals surface area contributed by atoms with Crippen molar-refractivity contribution in [1.29, 1.82) is 0 Å². The minimum absolute atomic E-state index is 0.151. The summed E-state index contributed by atoms with van der Waals surface area (Å²) in [6.07, 6.45) is 0.343. The van der Waals surface area contributed by atoms with Crippen LogP contribution in [-0.4, -0.2) is 12.0 Å². The van der Waals surface area contributed by atoms with Gasteiger partial charge in [0.05, 0.1) is 0 Å². The molecule has 5 heteroatoms. The SMILES string of the molecule is CCc1cccc(NC(=O)Oc2ccc(NC(C)=O)cc2)c1. The third kappa shape index (κ3) is 4.63. The predicted molar refractivity (Wildman–Crippen MR) is 86.2 cm³/mol. The quantitative estimate of drug-likeness (QED) is 0.901. The second-order valence-electron chi connectivity index (χ2n) is 4.77. The van der Waals surface area contributed by atoms with Crippen LogP contribution in [0.15, 0.2) is 48.5 Å². The molecule has 2 N–H and O–H groups in total. The van der Waals surface area contributed by atoms with Gasteiger partial charge in [-0.15, -0.1) is 0 Å². The molecule has 0 aliphatic heterocycles. The minimum Gasteiger partial charge on any atom is -0.410 e. The maximum atomic E-state index is 11.8. The molecule has 0 aliphatic carbocycles. The first-order valence-corrected chi connectivity index (χ1v) is 7.02. The molecule has 2 amide bonds. The zero-order valence-corrected chi connectivity index (χ0v) is 12.6. The number of hydrogen-bond donors (Lipinski definition) is 2. The molecule has 0 bridgehead atoms. The van der Waals surface area contributed by atoms with Gasteiger partial charge in [0.1, 0.15) is 5.75 Å². The molecule has 0 fully saturated rings. The van der Waals surface area contributed by atoms with E-state index in [0.717, 1.165) is 12.0 Å². The number of aryl methyl sites for hydroxylation is 1. The van der Waals surface area contributed by atoms with Gasteiger partial charge in [-0.25, -0.2) is 4.79 Å². The molecule has 0 saturated carbocycles. The van der Waals surface area contributed by atoms with Crippen LogP contribution in [-0.2, 0) is 11.2 Å². The highest BCUT2D eigenvalue weighted by Gasteiger charge is 2.06. The lowest BCUT2D eigenvalue weighted by atomic mass is 10.1. The molecule has 22 heavy (non-hydrogen) atoms. The van der Waals surface area contributed by atoms with Crippen molar-refractivity contribution >= 4 is 23.4 Å². The fraction of sp³-hybridized carbons (Fsp3) is 0.176. The van der Waals surface area contributed by atoms with Crippen LogP contribution in [0.25, 0.3) is 0 Å². The summed E-state index contributed by atoms with van der Waals surface area (Å²) in [5.74, 6) is 0.250. The van der Waals surface area contributed by atoms with Gasteiger partial charge in [-0.2, -0.15) is 0 Å². The molecule has 114 valence electrons. The molecule has 0 heterocycles. The Kier molecular flexibility index (Phi) is 5.14. The lowest BCUT2D eigenvalue weighted by Crippen LogP contribution is -2.16. The lowest BCUT2D eigenvalue weighted by molar-refractivity contribution is -0.114. The summed E-state index contributed by atoms with van der Waals surface area (Å²) in [5.41, 5.74) is 2.48. The Hall–Kier alpha value is -2.82. The van der Waals surface area contributed by atoms with E-state index in [4.69, 9.17) is 4.74 Å². The first-order valence-electron chi connectivity index (χ1n) is 7.02. The summed E-state index contributed by atoms with van der Waals surface area (Å²) >= 11 is 0. The van der Waals surface area contributed by atoms with Crippen molar-refractivity contribution in [2.75, 3.05) is 10.6 Å². The fourth-order valence-electron chi connectivity index (χ4n) is 1.93. The Morgan fingerprint density at radius 1 is 1.00 bits per heavy atom. The van der Waals surface area contributed by atoms with Gasteiger partial charge in [0.25, 0.3) is 0 Å². The number of benzene rings is 2. The second-order valence-corrected chi connectivity index (χ2v) is 4.77. The van der Waals surface area contributed by atoms with E-state index in [1.165, 1.54) is 6.92 Å². The Labute approximate surface area is 129 Å². The summed E-state index contributed by atoms with van der Waals surface area (Å²) in [6, 6.07) is 14.2. The van der Waals surface area contributed by atoms with Crippen molar-refractivity contribution in [3.05, 3.63) is 54.1 Å². The van der Waals surface area contributed by atoms with E-state index in [2.05, 4.69) is 10.6 Å². The highest BCUT2D eigenvalue weighted by Crippen LogP contribution is 2.17. The summed E-state index contributed by atoms with van der Waals surface area (Å²) in [4.78, 5) is 22.8. The molecule has 2 aromatic carbocycles. The molecule has 0 radical (unpaired) electrons. The van der Waals surface area contributed by atoms with Crippen LogP contribution in [0.5, 0.6) is 5.75 Å². The number of carbonyl (C=O) groups is 2. The fourth-order valence-corrected chi connectivity index (χ4v) is 1.93. The normalized spacial score (nSPS) is 9.91. The van der Waals surface area contributed by atoms with Crippen LogP contribution in [0.4, 0.5) is 16.2 Å². The Balaban J connectivity index is 1.95. The number of carbonyl (C=O) groups excluding carboxylic acids is 2. The van der Waals surface area contributed by atoms with Crippen molar-refractivity contribution < 1.29 is 14.3 Å². The van der Waals surface area contributed by atoms with Gasteiger partial charge in [0.15, 0.2) is 0 Å². The molecule has 5 nitrogen and oxygen atoms in total. The topological polar surface area (TPSA) is 67.4 Å². The van der Waals surface area contributed by atoms with Gasteiger partial charge in [-0.05, 0) is 48.4 Å². The van der Waals surface area contributed by atoms with Gasteiger partial charge in [0, 0.05) is 18.3 Å². The Morgan fingerprint density at radius 3 is 2.36 bits per heavy atom. The van der Waals surface area contributed by atoms with Crippen LogP contribution in [0, 0.1) is 0 Å². The summed E-state index contributed by atoms with van der Waals surface area (Å²) in [5, 5.41) is 5.32. The molecule has 0 aliphatic rings. The minimum atomic E-state index is -0.555. The standard InChI is InChI=1S/C17H18N2O3/c1-3-13-5-4-6-15(11-13)19-17(21)22-16-9-7-14(8-10-16)18-12(2)20/h4-11H,3H2,1-2H3,(H,18,20)(H,19,21). The van der Waals surface area contributed by atoms with Gasteiger partial charge in [0.2, 0.25) is 5.91 Å². The first kappa shape index (κ1) is 15.6. The number of rotatable bonds is 4. The van der Waals surface area contributed by atoms with Crippen molar-refractivity contribution in [3.8, 4) is 5.75 Å². The molecule has 0 aromatic heterocycles. The predicted octanol–water partition coefficient (Wildman–Crippen LogP) is 3.82. The smallest absolute Gasteiger partial charge is 0.410 e. The van der Waals surface area contributed by atoms with E-state index >= 15 is 0 Å². The van der Waals surface area contributed by atoms with Crippen LogP contribution >= 0.6 is 0 Å². The number of hydrogen-bond acceptors (Lipinski definition) is 3. The van der Waals surface area contributed by atoms with E-state index < -0.39 is 6.09 Å². The van der Waals surface area contributed by atoms with Crippen molar-refractivity contribution in [1.82, 2.24) is 0 Å². The van der Waals surface area contributed by atoms with Crippen molar-refractivity contribution in [3.63, 3.8) is 0 Å². The Bertz CT molecular complexity index is 666. The highest BCUT2D eigenvalue weighted by molar-refractivity contribution is 5.89. The van der Waals surface area contributed by atoms with E-state index in [1.54, 1.807) is 30.3 Å². The third-order valence-electron chi connectivity index (χ3n) is 2.97. The molecular formula is C17H18N2O3.